The van der Waals surface area contributed by atoms with Gasteiger partial charge in [0.1, 0.15) is 0 Å². The van der Waals surface area contributed by atoms with Crippen molar-refractivity contribution in [3.8, 4) is 11.5 Å². The first kappa shape index (κ1) is 12.8. The zero-order valence-corrected chi connectivity index (χ0v) is 9.93. The molecule has 0 heterocycles. The smallest absolute Gasteiger partial charge is 0.161 e. The summed E-state index contributed by atoms with van der Waals surface area (Å²) in [6.07, 6.45) is 0. The summed E-state index contributed by atoms with van der Waals surface area (Å²) in [5, 5.41) is 9.06. The molecule has 2 atom stereocenters. The first-order chi connectivity index (χ1) is 7.63. The Balaban J connectivity index is 2.98. The predicted octanol–water partition coefficient (Wildman–Crippen LogP) is 1.33. The van der Waals surface area contributed by atoms with Crippen molar-refractivity contribution in [2.24, 2.45) is 11.7 Å². The Kier molecular flexibility index (Phi) is 4.58. The van der Waals surface area contributed by atoms with Crippen LogP contribution in [0.3, 0.4) is 0 Å². The van der Waals surface area contributed by atoms with Gasteiger partial charge in [-0.25, -0.2) is 0 Å². The van der Waals surface area contributed by atoms with E-state index < -0.39 is 0 Å². The minimum absolute atomic E-state index is 0.0121. The molecule has 1 aromatic rings. The van der Waals surface area contributed by atoms with E-state index in [4.69, 9.17) is 20.3 Å². The van der Waals surface area contributed by atoms with Crippen molar-refractivity contribution in [2.45, 2.75) is 13.0 Å². The quantitative estimate of drug-likeness (QED) is 0.793. The highest BCUT2D eigenvalue weighted by Gasteiger charge is 2.15. The van der Waals surface area contributed by atoms with Crippen LogP contribution < -0.4 is 15.2 Å². The lowest BCUT2D eigenvalue weighted by Gasteiger charge is -2.19. The van der Waals surface area contributed by atoms with Crippen LogP contribution in [-0.2, 0) is 0 Å². The Bertz CT molecular complexity index is 341. The van der Waals surface area contributed by atoms with E-state index in [0.29, 0.717) is 11.5 Å². The molecule has 4 nitrogen and oxygen atoms in total. The Morgan fingerprint density at radius 3 is 2.38 bits per heavy atom. The number of benzene rings is 1. The number of aliphatic hydroxyl groups excluding tert-OH is 1. The van der Waals surface area contributed by atoms with Crippen LogP contribution >= 0.6 is 0 Å². The van der Waals surface area contributed by atoms with Crippen LogP contribution in [-0.4, -0.2) is 25.9 Å². The normalized spacial score (nSPS) is 14.3. The molecule has 0 radical (unpaired) electrons. The molecule has 90 valence electrons. The largest absolute Gasteiger partial charge is 0.493 e. The van der Waals surface area contributed by atoms with Gasteiger partial charge in [-0.05, 0) is 23.6 Å². The number of ether oxygens (including phenoxy) is 2. The van der Waals surface area contributed by atoms with Gasteiger partial charge in [0.2, 0.25) is 0 Å². The summed E-state index contributed by atoms with van der Waals surface area (Å²) in [5.74, 6) is 1.34. The summed E-state index contributed by atoms with van der Waals surface area (Å²) in [6.45, 7) is 1.97. The zero-order valence-electron chi connectivity index (χ0n) is 9.93. The molecular weight excluding hydrogens is 206 g/mol. The Hall–Kier alpha value is -1.26. The molecule has 3 N–H and O–H groups in total. The van der Waals surface area contributed by atoms with Crippen molar-refractivity contribution in [3.05, 3.63) is 23.8 Å². The van der Waals surface area contributed by atoms with E-state index in [-0.39, 0.29) is 18.6 Å². The van der Waals surface area contributed by atoms with Crippen molar-refractivity contribution in [1.82, 2.24) is 0 Å². The maximum atomic E-state index is 9.06. The Morgan fingerprint density at radius 2 is 1.88 bits per heavy atom. The molecule has 0 bridgehead atoms. The van der Waals surface area contributed by atoms with Crippen molar-refractivity contribution < 1.29 is 14.6 Å². The van der Waals surface area contributed by atoms with E-state index in [1.165, 1.54) is 0 Å². The highest BCUT2D eigenvalue weighted by atomic mass is 16.5. The lowest BCUT2D eigenvalue weighted by atomic mass is 9.96. The number of hydrogen-bond acceptors (Lipinski definition) is 4. The van der Waals surface area contributed by atoms with Crippen LogP contribution in [0.4, 0.5) is 0 Å². The van der Waals surface area contributed by atoms with Gasteiger partial charge in [-0.2, -0.15) is 0 Å². The van der Waals surface area contributed by atoms with Crippen molar-refractivity contribution in [1.29, 1.82) is 0 Å². The maximum Gasteiger partial charge on any atom is 0.161 e. The number of rotatable bonds is 5. The topological polar surface area (TPSA) is 64.7 Å². The molecule has 0 aliphatic rings. The van der Waals surface area contributed by atoms with Crippen molar-refractivity contribution in [3.63, 3.8) is 0 Å². The van der Waals surface area contributed by atoms with E-state index in [1.807, 2.05) is 25.1 Å². The predicted molar refractivity (Wildman–Crippen MR) is 62.7 cm³/mol. The lowest BCUT2D eigenvalue weighted by Crippen LogP contribution is -2.21. The van der Waals surface area contributed by atoms with Crippen LogP contribution in [0.25, 0.3) is 0 Å². The fraction of sp³-hybridized carbons (Fsp3) is 0.500. The van der Waals surface area contributed by atoms with Gasteiger partial charge in [0.05, 0.1) is 14.2 Å². The lowest BCUT2D eigenvalue weighted by molar-refractivity contribution is 0.217. The highest BCUT2D eigenvalue weighted by Crippen LogP contribution is 2.31. The van der Waals surface area contributed by atoms with Gasteiger partial charge in [-0.1, -0.05) is 13.0 Å². The van der Waals surface area contributed by atoms with E-state index >= 15 is 0 Å². The van der Waals surface area contributed by atoms with Crippen LogP contribution in [0.15, 0.2) is 18.2 Å². The van der Waals surface area contributed by atoms with Gasteiger partial charge >= 0.3 is 0 Å². The van der Waals surface area contributed by atoms with E-state index in [0.717, 1.165) is 5.56 Å². The summed E-state index contributed by atoms with van der Waals surface area (Å²) in [6, 6.07) is 5.34. The fourth-order valence-corrected chi connectivity index (χ4v) is 1.50. The van der Waals surface area contributed by atoms with Crippen LogP contribution in [0.1, 0.15) is 18.5 Å². The first-order valence-electron chi connectivity index (χ1n) is 5.22. The molecule has 0 aliphatic carbocycles. The van der Waals surface area contributed by atoms with Gasteiger partial charge in [0, 0.05) is 12.6 Å². The molecule has 4 heteroatoms. The Labute approximate surface area is 96.0 Å². The standard InChI is InChI=1S/C12H19NO3/c1-8(7-14)12(13)9-4-5-10(15-2)11(6-9)16-3/h4-6,8,12,14H,7,13H2,1-3H3. The van der Waals surface area contributed by atoms with Gasteiger partial charge in [-0.3, -0.25) is 0 Å². The van der Waals surface area contributed by atoms with E-state index in [2.05, 4.69) is 0 Å². The summed E-state index contributed by atoms with van der Waals surface area (Å²) >= 11 is 0. The Morgan fingerprint density at radius 1 is 1.25 bits per heavy atom. The minimum Gasteiger partial charge on any atom is -0.493 e. The van der Waals surface area contributed by atoms with Crippen LogP contribution in [0.2, 0.25) is 0 Å². The summed E-state index contributed by atoms with van der Waals surface area (Å²) in [4.78, 5) is 0. The van der Waals surface area contributed by atoms with Crippen LogP contribution in [0.5, 0.6) is 11.5 Å². The number of hydrogen-bond donors (Lipinski definition) is 2. The van der Waals surface area contributed by atoms with Gasteiger partial charge in [-0.15, -0.1) is 0 Å². The summed E-state index contributed by atoms with van der Waals surface area (Å²) in [7, 11) is 3.18. The zero-order chi connectivity index (χ0) is 12.1. The molecule has 0 spiro atoms. The second-order valence-electron chi connectivity index (χ2n) is 3.80. The molecule has 0 saturated carbocycles. The number of methoxy groups -OCH3 is 2. The molecule has 1 aromatic carbocycles. The van der Waals surface area contributed by atoms with E-state index in [1.54, 1.807) is 14.2 Å². The monoisotopic (exact) mass is 225 g/mol. The van der Waals surface area contributed by atoms with Gasteiger partial charge in [0.25, 0.3) is 0 Å². The third-order valence-corrected chi connectivity index (χ3v) is 2.69. The SMILES string of the molecule is COc1ccc(C(N)C(C)CO)cc1OC. The summed E-state index contributed by atoms with van der Waals surface area (Å²) in [5.41, 5.74) is 6.94. The molecule has 0 saturated heterocycles. The van der Waals surface area contributed by atoms with Crippen molar-refractivity contribution >= 4 is 0 Å². The second-order valence-corrected chi connectivity index (χ2v) is 3.80. The van der Waals surface area contributed by atoms with Crippen LogP contribution in [0, 0.1) is 5.92 Å². The molecular formula is C12H19NO3. The average Bonchev–Trinajstić information content (AvgIpc) is 2.35. The molecule has 0 amide bonds. The highest BCUT2D eigenvalue weighted by molar-refractivity contribution is 5.43. The third kappa shape index (κ3) is 2.65. The molecule has 16 heavy (non-hydrogen) atoms. The maximum absolute atomic E-state index is 9.06. The summed E-state index contributed by atoms with van der Waals surface area (Å²) < 4.78 is 10.3. The van der Waals surface area contributed by atoms with Gasteiger partial charge in [0.15, 0.2) is 11.5 Å². The minimum atomic E-state index is -0.204. The first-order valence-corrected chi connectivity index (χ1v) is 5.22. The number of nitrogens with two attached hydrogens (primary N) is 1. The fourth-order valence-electron chi connectivity index (χ4n) is 1.50. The molecule has 0 aromatic heterocycles. The molecule has 0 fully saturated rings. The molecule has 2 unspecified atom stereocenters. The van der Waals surface area contributed by atoms with E-state index in [9.17, 15) is 0 Å². The molecule has 1 rings (SSSR count). The third-order valence-electron chi connectivity index (χ3n) is 2.69. The van der Waals surface area contributed by atoms with Crippen molar-refractivity contribution in [2.75, 3.05) is 20.8 Å². The average molecular weight is 225 g/mol. The second kappa shape index (κ2) is 5.72. The molecule has 0 aliphatic heterocycles. The number of aliphatic hydroxyl groups is 1. The van der Waals surface area contributed by atoms with Gasteiger partial charge < -0.3 is 20.3 Å².